The van der Waals surface area contributed by atoms with Crippen molar-refractivity contribution in [1.82, 2.24) is 4.90 Å². The monoisotopic (exact) mass is 527 g/mol. The predicted octanol–water partition coefficient (Wildman–Crippen LogP) is 7.52. The van der Waals surface area contributed by atoms with Crippen LogP contribution in [0.5, 0.6) is 0 Å². The summed E-state index contributed by atoms with van der Waals surface area (Å²) in [6.07, 6.45) is 0.966. The first kappa shape index (κ1) is 27.4. The lowest BCUT2D eigenvalue weighted by atomic mass is 9.67. The van der Waals surface area contributed by atoms with E-state index >= 15 is 0 Å². The van der Waals surface area contributed by atoms with Gasteiger partial charge >= 0.3 is 6.16 Å². The molecule has 1 heterocycles. The lowest BCUT2D eigenvalue weighted by molar-refractivity contribution is -0.0613. The van der Waals surface area contributed by atoms with Crippen molar-refractivity contribution in [2.24, 2.45) is 0 Å². The minimum absolute atomic E-state index is 0. The largest absolute Gasteiger partial charge is 0.506 e. The normalized spacial score (nSPS) is 15.3. The van der Waals surface area contributed by atoms with E-state index in [-0.39, 0.29) is 17.8 Å². The molecule has 4 aromatic rings. The van der Waals surface area contributed by atoms with Crippen LogP contribution in [-0.2, 0) is 15.8 Å². The summed E-state index contributed by atoms with van der Waals surface area (Å²) in [5.74, 6) is 0. The van der Waals surface area contributed by atoms with Crippen LogP contribution in [0.2, 0.25) is 0 Å². The molecule has 196 valence electrons. The molecule has 1 aliphatic heterocycles. The van der Waals surface area contributed by atoms with E-state index in [1.54, 1.807) is 0 Å². The summed E-state index contributed by atoms with van der Waals surface area (Å²) in [6.45, 7) is 2.43. The van der Waals surface area contributed by atoms with Crippen molar-refractivity contribution >= 4 is 18.6 Å². The Labute approximate surface area is 231 Å². The van der Waals surface area contributed by atoms with E-state index in [2.05, 4.69) is 95.9 Å². The molecule has 0 spiro atoms. The zero-order valence-corrected chi connectivity index (χ0v) is 22.2. The van der Waals surface area contributed by atoms with E-state index in [0.29, 0.717) is 12.8 Å². The number of ether oxygens (including phenoxy) is 1. The zero-order valence-electron chi connectivity index (χ0n) is 21.4. The summed E-state index contributed by atoms with van der Waals surface area (Å²) in [5, 5.41) is 9.51. The molecule has 1 fully saturated rings. The van der Waals surface area contributed by atoms with Gasteiger partial charge in [-0.3, -0.25) is 0 Å². The van der Waals surface area contributed by atoms with E-state index in [0.717, 1.165) is 31.6 Å². The fourth-order valence-corrected chi connectivity index (χ4v) is 5.92. The Morgan fingerprint density at radius 1 is 0.711 bits per heavy atom. The van der Waals surface area contributed by atoms with Crippen LogP contribution in [0.3, 0.4) is 0 Å². The van der Waals surface area contributed by atoms with Gasteiger partial charge in [0.05, 0.1) is 0 Å². The van der Waals surface area contributed by atoms with Crippen LogP contribution in [0.1, 0.15) is 41.5 Å². The number of rotatable bonds is 8. The number of carbonyl (C=O) groups is 1. The van der Waals surface area contributed by atoms with Crippen molar-refractivity contribution in [3.05, 3.63) is 144 Å². The molecule has 0 radical (unpaired) electrons. The van der Waals surface area contributed by atoms with Crippen LogP contribution in [0.25, 0.3) is 0 Å². The maximum absolute atomic E-state index is 11.6. The van der Waals surface area contributed by atoms with Gasteiger partial charge in [0.2, 0.25) is 0 Å². The van der Waals surface area contributed by atoms with E-state index in [1.165, 1.54) is 16.7 Å². The van der Waals surface area contributed by atoms with Crippen LogP contribution in [0, 0.1) is 0 Å². The van der Waals surface area contributed by atoms with Crippen LogP contribution >= 0.6 is 12.4 Å². The maximum atomic E-state index is 11.6. The molecule has 4 nitrogen and oxygen atoms in total. The van der Waals surface area contributed by atoms with E-state index in [1.807, 2.05) is 30.3 Å². The molecule has 1 aliphatic rings. The molecule has 1 N–H and O–H groups in total. The van der Waals surface area contributed by atoms with Gasteiger partial charge in [0.15, 0.2) is 0 Å². The second kappa shape index (κ2) is 12.3. The molecule has 0 bridgehead atoms. The second-order valence-electron chi connectivity index (χ2n) is 9.82. The number of carboxylic acid groups (broad SMARTS) is 1. The summed E-state index contributed by atoms with van der Waals surface area (Å²) >= 11 is 0. The van der Waals surface area contributed by atoms with Gasteiger partial charge in [-0.2, -0.15) is 0 Å². The van der Waals surface area contributed by atoms with Crippen molar-refractivity contribution in [2.45, 2.75) is 30.3 Å². The van der Waals surface area contributed by atoms with Crippen LogP contribution in [0.4, 0.5) is 4.79 Å². The summed E-state index contributed by atoms with van der Waals surface area (Å²) in [7, 11) is 0. The number of nitrogens with zero attached hydrogens (tertiary/aromatic N) is 1. The molecular formula is C33H34ClNO3. The molecule has 0 unspecified atom stereocenters. The van der Waals surface area contributed by atoms with E-state index in [4.69, 9.17) is 4.74 Å². The lowest BCUT2D eigenvalue weighted by Gasteiger charge is -2.43. The quantitative estimate of drug-likeness (QED) is 0.190. The van der Waals surface area contributed by atoms with E-state index in [9.17, 15) is 9.90 Å². The average Bonchev–Trinajstić information content (AvgIpc) is 2.96. The van der Waals surface area contributed by atoms with Gasteiger partial charge in [-0.1, -0.05) is 121 Å². The fraction of sp³-hybridized carbons (Fsp3) is 0.242. The Bertz CT molecular complexity index is 1180. The molecule has 1 saturated heterocycles. The molecule has 0 atom stereocenters. The maximum Gasteiger partial charge on any atom is 0.506 e. The first-order chi connectivity index (χ1) is 18.1. The highest BCUT2D eigenvalue weighted by Gasteiger charge is 2.41. The predicted molar refractivity (Wildman–Crippen MR) is 154 cm³/mol. The van der Waals surface area contributed by atoms with Crippen molar-refractivity contribution in [3.63, 3.8) is 0 Å². The number of hydrogen-bond donors (Lipinski definition) is 1. The highest BCUT2D eigenvalue weighted by atomic mass is 35.5. The fourth-order valence-electron chi connectivity index (χ4n) is 5.92. The van der Waals surface area contributed by atoms with Gasteiger partial charge in [0.1, 0.15) is 5.60 Å². The molecule has 4 aromatic carbocycles. The van der Waals surface area contributed by atoms with Gasteiger partial charge < -0.3 is 14.7 Å². The highest BCUT2D eigenvalue weighted by Crippen LogP contribution is 2.43. The zero-order chi connectivity index (χ0) is 25.6. The van der Waals surface area contributed by atoms with Gasteiger partial charge in [0.25, 0.3) is 0 Å². The van der Waals surface area contributed by atoms with Crippen LogP contribution in [0.15, 0.2) is 121 Å². The molecule has 5 heteroatoms. The van der Waals surface area contributed by atoms with Crippen molar-refractivity contribution < 1.29 is 14.6 Å². The number of hydrogen-bond acceptors (Lipinski definition) is 3. The molecule has 0 aliphatic carbocycles. The Balaban J connectivity index is 0.00000336. The first-order valence-corrected chi connectivity index (χ1v) is 13.0. The SMILES string of the molecule is Cl.O=C(O)OC1(c2ccccc2)CCN(CCC(c2ccccc2)(c2ccccc2)c2ccccc2)CC1. The minimum atomic E-state index is -1.21. The summed E-state index contributed by atoms with van der Waals surface area (Å²) < 4.78 is 5.56. The third-order valence-electron chi connectivity index (χ3n) is 7.85. The van der Waals surface area contributed by atoms with Crippen molar-refractivity contribution in [2.75, 3.05) is 19.6 Å². The summed E-state index contributed by atoms with van der Waals surface area (Å²) in [4.78, 5) is 14.1. The Hall–Kier alpha value is -3.60. The Morgan fingerprint density at radius 3 is 1.50 bits per heavy atom. The third kappa shape index (κ3) is 5.62. The smallest absolute Gasteiger partial charge is 0.450 e. The Kier molecular flexibility index (Phi) is 8.88. The van der Waals surface area contributed by atoms with E-state index < -0.39 is 11.8 Å². The molecular weight excluding hydrogens is 494 g/mol. The molecule has 0 saturated carbocycles. The van der Waals surface area contributed by atoms with Gasteiger partial charge in [-0.25, -0.2) is 4.79 Å². The van der Waals surface area contributed by atoms with Crippen LogP contribution in [-0.4, -0.2) is 35.8 Å². The first-order valence-electron chi connectivity index (χ1n) is 13.0. The van der Waals surface area contributed by atoms with Crippen molar-refractivity contribution in [1.29, 1.82) is 0 Å². The highest BCUT2D eigenvalue weighted by molar-refractivity contribution is 5.85. The van der Waals surface area contributed by atoms with Gasteiger partial charge in [-0.05, 0) is 35.2 Å². The number of likely N-dealkylation sites (tertiary alicyclic amines) is 1. The topological polar surface area (TPSA) is 49.8 Å². The lowest BCUT2D eigenvalue weighted by Crippen LogP contribution is -2.46. The number of piperidine rings is 1. The number of halogens is 1. The Morgan fingerprint density at radius 2 is 1.11 bits per heavy atom. The van der Waals surface area contributed by atoms with Gasteiger partial charge in [0, 0.05) is 31.3 Å². The average molecular weight is 528 g/mol. The molecule has 0 amide bonds. The third-order valence-corrected chi connectivity index (χ3v) is 7.85. The molecule has 38 heavy (non-hydrogen) atoms. The molecule has 5 rings (SSSR count). The second-order valence-corrected chi connectivity index (χ2v) is 9.82. The van der Waals surface area contributed by atoms with Crippen molar-refractivity contribution in [3.8, 4) is 0 Å². The minimum Gasteiger partial charge on any atom is -0.450 e. The summed E-state index contributed by atoms with van der Waals surface area (Å²) in [5.41, 5.74) is 3.67. The number of benzene rings is 4. The standard InChI is InChI=1S/C33H33NO3.ClH/c35-31(36)37-32(27-13-5-1-6-14-27)21-24-34(25-22-32)26-23-33(28-15-7-2-8-16-28,29-17-9-3-10-18-29)30-19-11-4-12-20-30;/h1-20H,21-26H2,(H,35,36);1H. The molecule has 0 aromatic heterocycles. The van der Waals surface area contributed by atoms with Crippen LogP contribution < -0.4 is 0 Å². The van der Waals surface area contributed by atoms with Gasteiger partial charge in [-0.15, -0.1) is 12.4 Å². The summed E-state index contributed by atoms with van der Waals surface area (Å²) in [6, 6.07) is 42.1.